The number of aliphatic hydroxyl groups is 1. The molecule has 0 aliphatic heterocycles. The summed E-state index contributed by atoms with van der Waals surface area (Å²) in [4.78, 5) is 12.8. The second kappa shape index (κ2) is 5.60. The highest BCUT2D eigenvalue weighted by Crippen LogP contribution is 2.29. The van der Waals surface area contributed by atoms with E-state index in [4.69, 9.17) is 14.6 Å². The number of nitrogens with zero attached hydrogens (tertiary/aromatic N) is 1. The molecule has 0 atom stereocenters. The molecule has 6 heteroatoms. The van der Waals surface area contributed by atoms with Gasteiger partial charge in [-0.05, 0) is 31.7 Å². The number of halogens is 1. The van der Waals surface area contributed by atoms with Crippen molar-refractivity contribution in [3.05, 3.63) is 34.8 Å². The zero-order valence-corrected chi connectivity index (χ0v) is 11.3. The van der Waals surface area contributed by atoms with E-state index in [9.17, 15) is 9.18 Å². The molecule has 0 unspecified atom stereocenters. The highest BCUT2D eigenvalue weighted by atomic mass is 19.1. The van der Waals surface area contributed by atoms with E-state index in [2.05, 4.69) is 0 Å². The van der Waals surface area contributed by atoms with Crippen molar-refractivity contribution in [2.24, 2.45) is 0 Å². The van der Waals surface area contributed by atoms with Crippen molar-refractivity contribution >= 4 is 16.9 Å². The molecule has 1 aromatic carbocycles. The molecular formula is C14H16FNO4. The molecule has 108 valence electrons. The van der Waals surface area contributed by atoms with Gasteiger partial charge in [-0.3, -0.25) is 4.90 Å². The van der Waals surface area contributed by atoms with E-state index in [1.807, 2.05) is 11.9 Å². The predicted molar refractivity (Wildman–Crippen MR) is 71.3 cm³/mol. The van der Waals surface area contributed by atoms with Crippen LogP contribution in [0.5, 0.6) is 0 Å². The summed E-state index contributed by atoms with van der Waals surface area (Å²) in [5, 5.41) is 18.3. The Morgan fingerprint density at radius 3 is 2.75 bits per heavy atom. The second-order valence-corrected chi connectivity index (χ2v) is 4.78. The topological polar surface area (TPSA) is 73.9 Å². The van der Waals surface area contributed by atoms with Crippen LogP contribution in [-0.4, -0.2) is 41.3 Å². The summed E-state index contributed by atoms with van der Waals surface area (Å²) in [6.45, 7) is 2.55. The highest BCUT2D eigenvalue weighted by molar-refractivity contribution is 5.95. The fourth-order valence-electron chi connectivity index (χ4n) is 2.19. The van der Waals surface area contributed by atoms with Gasteiger partial charge in [0.2, 0.25) is 5.76 Å². The SMILES string of the molecule is Cc1c(C(=O)O)oc2c(F)cc(CN(C)CCO)cc12. The number of benzene rings is 1. The highest BCUT2D eigenvalue weighted by Gasteiger charge is 2.19. The standard InChI is InChI=1S/C14H16FNO4/c1-8-10-5-9(7-16(2)3-4-17)6-11(15)13(10)20-12(8)14(18)19/h5-6,17H,3-4,7H2,1-2H3,(H,18,19). The number of aromatic carboxylic acids is 1. The molecule has 1 aromatic heterocycles. The van der Waals surface area contributed by atoms with Crippen LogP contribution in [0.15, 0.2) is 16.5 Å². The Kier molecular flexibility index (Phi) is 4.06. The van der Waals surface area contributed by atoms with Crippen LogP contribution in [0.25, 0.3) is 11.0 Å². The number of carboxylic acid groups (broad SMARTS) is 1. The molecule has 2 N–H and O–H groups in total. The Hall–Kier alpha value is -1.92. The van der Waals surface area contributed by atoms with Crippen LogP contribution in [0, 0.1) is 12.7 Å². The fourth-order valence-corrected chi connectivity index (χ4v) is 2.19. The van der Waals surface area contributed by atoms with Crippen LogP contribution in [0.4, 0.5) is 4.39 Å². The fraction of sp³-hybridized carbons (Fsp3) is 0.357. The van der Waals surface area contributed by atoms with Gasteiger partial charge in [-0.25, -0.2) is 9.18 Å². The molecule has 0 aliphatic carbocycles. The molecule has 0 spiro atoms. The molecule has 0 amide bonds. The first-order chi connectivity index (χ1) is 9.43. The first-order valence-corrected chi connectivity index (χ1v) is 6.18. The van der Waals surface area contributed by atoms with Gasteiger partial charge in [0.05, 0.1) is 6.61 Å². The largest absolute Gasteiger partial charge is 0.475 e. The third-order valence-electron chi connectivity index (χ3n) is 3.18. The maximum atomic E-state index is 14.0. The monoisotopic (exact) mass is 281 g/mol. The van der Waals surface area contributed by atoms with Crippen LogP contribution in [0.3, 0.4) is 0 Å². The third kappa shape index (κ3) is 2.66. The number of hydrogen-bond acceptors (Lipinski definition) is 4. The molecule has 2 rings (SSSR count). The summed E-state index contributed by atoms with van der Waals surface area (Å²) >= 11 is 0. The van der Waals surface area contributed by atoms with Crippen LogP contribution in [0.2, 0.25) is 0 Å². The molecule has 1 heterocycles. The van der Waals surface area contributed by atoms with Crippen molar-refractivity contribution in [3.8, 4) is 0 Å². The van der Waals surface area contributed by atoms with E-state index >= 15 is 0 Å². The lowest BCUT2D eigenvalue weighted by molar-refractivity contribution is 0.0663. The van der Waals surface area contributed by atoms with Crippen molar-refractivity contribution in [2.75, 3.05) is 20.2 Å². The van der Waals surface area contributed by atoms with Crippen LogP contribution >= 0.6 is 0 Å². The van der Waals surface area contributed by atoms with Crippen molar-refractivity contribution in [1.82, 2.24) is 4.90 Å². The second-order valence-electron chi connectivity index (χ2n) is 4.78. The van der Waals surface area contributed by atoms with Gasteiger partial charge in [0.25, 0.3) is 0 Å². The predicted octanol–water partition coefficient (Wildman–Crippen LogP) is 2.00. The summed E-state index contributed by atoms with van der Waals surface area (Å²) in [6.07, 6.45) is 0. The summed E-state index contributed by atoms with van der Waals surface area (Å²) in [6, 6.07) is 3.04. The van der Waals surface area contributed by atoms with Gasteiger partial charge in [0.15, 0.2) is 11.4 Å². The number of fused-ring (bicyclic) bond motifs is 1. The molecule has 0 bridgehead atoms. The van der Waals surface area contributed by atoms with E-state index < -0.39 is 11.8 Å². The summed E-state index contributed by atoms with van der Waals surface area (Å²) in [5.41, 5.74) is 1.08. The lowest BCUT2D eigenvalue weighted by atomic mass is 10.1. The Bertz CT molecular complexity index is 650. The van der Waals surface area contributed by atoms with Crippen molar-refractivity contribution < 1.29 is 23.8 Å². The lowest BCUT2D eigenvalue weighted by Gasteiger charge is -2.15. The average Bonchev–Trinajstić information content (AvgIpc) is 2.68. The minimum Gasteiger partial charge on any atom is -0.475 e. The normalized spacial score (nSPS) is 11.4. The minimum atomic E-state index is -1.21. The molecule has 0 saturated carbocycles. The van der Waals surface area contributed by atoms with Crippen LogP contribution < -0.4 is 0 Å². The number of hydrogen-bond donors (Lipinski definition) is 2. The van der Waals surface area contributed by atoms with E-state index in [1.165, 1.54) is 6.07 Å². The number of carboxylic acids is 1. The molecule has 5 nitrogen and oxygen atoms in total. The smallest absolute Gasteiger partial charge is 0.372 e. The Morgan fingerprint density at radius 2 is 2.15 bits per heavy atom. The minimum absolute atomic E-state index is 0.0229. The van der Waals surface area contributed by atoms with E-state index in [1.54, 1.807) is 13.0 Å². The van der Waals surface area contributed by atoms with Gasteiger partial charge in [0.1, 0.15) is 0 Å². The zero-order valence-electron chi connectivity index (χ0n) is 11.3. The van der Waals surface area contributed by atoms with E-state index in [-0.39, 0.29) is 18.0 Å². The number of likely N-dealkylation sites (N-methyl/N-ethyl adjacent to an activating group) is 1. The van der Waals surface area contributed by atoms with Gasteiger partial charge >= 0.3 is 5.97 Å². The van der Waals surface area contributed by atoms with Gasteiger partial charge in [0, 0.05) is 24.0 Å². The van der Waals surface area contributed by atoms with Crippen molar-refractivity contribution in [3.63, 3.8) is 0 Å². The van der Waals surface area contributed by atoms with Crippen LogP contribution in [-0.2, 0) is 6.54 Å². The number of rotatable bonds is 5. The number of aryl methyl sites for hydroxylation is 1. The molecule has 0 aliphatic rings. The quantitative estimate of drug-likeness (QED) is 0.877. The average molecular weight is 281 g/mol. The van der Waals surface area contributed by atoms with E-state index in [0.29, 0.717) is 29.6 Å². The lowest BCUT2D eigenvalue weighted by Crippen LogP contribution is -2.21. The third-order valence-corrected chi connectivity index (χ3v) is 3.18. The number of carbonyl (C=O) groups is 1. The Morgan fingerprint density at radius 1 is 1.45 bits per heavy atom. The summed E-state index contributed by atoms with van der Waals surface area (Å²) in [5.74, 6) is -2.03. The zero-order chi connectivity index (χ0) is 14.9. The van der Waals surface area contributed by atoms with Crippen molar-refractivity contribution in [1.29, 1.82) is 0 Å². The molecule has 0 saturated heterocycles. The molecular weight excluding hydrogens is 265 g/mol. The van der Waals surface area contributed by atoms with E-state index in [0.717, 1.165) is 0 Å². The van der Waals surface area contributed by atoms with Gasteiger partial charge in [-0.2, -0.15) is 0 Å². The van der Waals surface area contributed by atoms with Crippen molar-refractivity contribution in [2.45, 2.75) is 13.5 Å². The Balaban J connectivity index is 2.45. The first kappa shape index (κ1) is 14.5. The summed E-state index contributed by atoms with van der Waals surface area (Å²) < 4.78 is 19.1. The maximum absolute atomic E-state index is 14.0. The first-order valence-electron chi connectivity index (χ1n) is 6.18. The molecule has 0 fully saturated rings. The van der Waals surface area contributed by atoms with Gasteiger partial charge in [-0.1, -0.05) is 0 Å². The maximum Gasteiger partial charge on any atom is 0.372 e. The van der Waals surface area contributed by atoms with Crippen LogP contribution in [0.1, 0.15) is 21.7 Å². The number of aliphatic hydroxyl groups excluding tert-OH is 1. The summed E-state index contributed by atoms with van der Waals surface area (Å²) in [7, 11) is 1.81. The Labute approximate surface area is 115 Å². The number of furan rings is 1. The van der Waals surface area contributed by atoms with Gasteiger partial charge < -0.3 is 14.6 Å². The van der Waals surface area contributed by atoms with Gasteiger partial charge in [-0.15, -0.1) is 0 Å². The molecule has 20 heavy (non-hydrogen) atoms. The molecule has 2 aromatic rings. The molecule has 0 radical (unpaired) electrons.